The van der Waals surface area contributed by atoms with Crippen molar-refractivity contribution in [3.63, 3.8) is 0 Å². The number of piperazine rings is 1. The van der Waals surface area contributed by atoms with Crippen molar-refractivity contribution >= 4 is 29.1 Å². The van der Waals surface area contributed by atoms with Gasteiger partial charge in [-0.25, -0.2) is 0 Å². The molecule has 39 heavy (non-hydrogen) atoms. The van der Waals surface area contributed by atoms with Gasteiger partial charge in [0, 0.05) is 57.6 Å². The minimum Gasteiger partial charge on any atom is -0.492 e. The molecule has 13 heteroatoms. The minimum atomic E-state index is -0.460. The fourth-order valence-corrected chi connectivity index (χ4v) is 4.97. The summed E-state index contributed by atoms with van der Waals surface area (Å²) < 4.78 is 11.3. The second-order valence-electron chi connectivity index (χ2n) is 9.58. The molecule has 2 aromatic heterocycles. The highest BCUT2D eigenvalue weighted by Gasteiger charge is 2.32. The van der Waals surface area contributed by atoms with E-state index in [0.717, 1.165) is 70.3 Å². The van der Waals surface area contributed by atoms with Crippen molar-refractivity contribution < 1.29 is 19.1 Å². The van der Waals surface area contributed by atoms with Crippen LogP contribution < -0.4 is 25.2 Å². The Labute approximate surface area is 225 Å². The number of carbonyl (C=O) groups excluding carboxylic acids is 2. The third-order valence-electron chi connectivity index (χ3n) is 7.10. The highest BCUT2D eigenvalue weighted by Crippen LogP contribution is 2.30. The van der Waals surface area contributed by atoms with Crippen LogP contribution in [0.3, 0.4) is 0 Å². The molecule has 0 spiro atoms. The van der Waals surface area contributed by atoms with Gasteiger partial charge >= 0.3 is 0 Å². The Bertz CT molecular complexity index is 1330. The molecule has 0 bridgehead atoms. The van der Waals surface area contributed by atoms with Gasteiger partial charge in [0.25, 0.3) is 17.8 Å². The number of nitrogens with zero attached hydrogens (tertiary/aromatic N) is 6. The maximum Gasteiger partial charge on any atom is 0.293 e. The van der Waals surface area contributed by atoms with E-state index in [9.17, 15) is 9.59 Å². The molecule has 3 aliphatic heterocycles. The number of H-pyrrole nitrogens is 1. The van der Waals surface area contributed by atoms with Gasteiger partial charge in [-0.3, -0.25) is 29.5 Å². The third kappa shape index (κ3) is 5.55. The zero-order valence-corrected chi connectivity index (χ0v) is 21.6. The predicted octanol–water partition coefficient (Wildman–Crippen LogP) is 0.733. The molecule has 3 aliphatic rings. The summed E-state index contributed by atoms with van der Waals surface area (Å²) in [4.78, 5) is 40.6. The van der Waals surface area contributed by atoms with Crippen molar-refractivity contribution in [1.29, 1.82) is 0 Å². The van der Waals surface area contributed by atoms with Crippen LogP contribution in [-0.4, -0.2) is 103 Å². The number of pyridine rings is 1. The zero-order valence-electron chi connectivity index (χ0n) is 21.6. The molecule has 5 heterocycles. The van der Waals surface area contributed by atoms with Gasteiger partial charge in [-0.05, 0) is 23.8 Å². The van der Waals surface area contributed by atoms with Crippen LogP contribution in [0.2, 0.25) is 0 Å². The number of amides is 2. The number of nitrogens with one attached hydrogen (secondary N) is 3. The van der Waals surface area contributed by atoms with E-state index >= 15 is 0 Å². The molecule has 204 valence electrons. The van der Waals surface area contributed by atoms with Crippen LogP contribution in [0.4, 0.5) is 17.3 Å². The van der Waals surface area contributed by atoms with E-state index < -0.39 is 5.91 Å². The maximum absolute atomic E-state index is 13.2. The molecule has 0 radical (unpaired) electrons. The molecular weight excluding hydrogens is 502 g/mol. The first-order chi connectivity index (χ1) is 19.2. The molecule has 0 saturated carbocycles. The Morgan fingerprint density at radius 3 is 2.82 bits per heavy atom. The molecule has 0 atom stereocenters. The number of aromatic nitrogens is 4. The summed E-state index contributed by atoms with van der Waals surface area (Å²) in [5.74, 6) is 0.103. The van der Waals surface area contributed by atoms with Crippen molar-refractivity contribution in [1.82, 2.24) is 30.4 Å². The molecule has 2 amide bonds. The van der Waals surface area contributed by atoms with Crippen LogP contribution in [0.1, 0.15) is 26.5 Å². The monoisotopic (exact) mass is 533 g/mol. The maximum atomic E-state index is 13.2. The Balaban J connectivity index is 1.09. The van der Waals surface area contributed by atoms with Crippen molar-refractivity contribution in [3.8, 4) is 5.75 Å². The predicted molar refractivity (Wildman–Crippen MR) is 143 cm³/mol. The van der Waals surface area contributed by atoms with Crippen LogP contribution in [0.5, 0.6) is 5.75 Å². The molecule has 2 saturated heterocycles. The standard InChI is InChI=1S/C26H31N9O4/c36-24(29-21-16-28-4-3-22(21)34-7-5-27-6-8-34)23-30-26(32-31-23)35-17-18-1-2-19(15-20(18)25(35)37)39-14-11-33-9-12-38-13-10-33/h1-4,15-16,27H,5-14,17H2,(H,29,36)(H,30,31,32). The van der Waals surface area contributed by atoms with Crippen LogP contribution in [0.15, 0.2) is 36.7 Å². The first kappa shape index (κ1) is 25.2. The molecule has 13 nitrogen and oxygen atoms in total. The van der Waals surface area contributed by atoms with E-state index in [2.05, 4.69) is 40.6 Å². The van der Waals surface area contributed by atoms with Gasteiger partial charge < -0.3 is 25.0 Å². The number of rotatable bonds is 8. The second kappa shape index (κ2) is 11.4. The van der Waals surface area contributed by atoms with Crippen LogP contribution >= 0.6 is 0 Å². The normalized spacial score (nSPS) is 17.8. The summed E-state index contributed by atoms with van der Waals surface area (Å²) in [5, 5.41) is 13.0. The Morgan fingerprint density at radius 2 is 1.97 bits per heavy atom. The van der Waals surface area contributed by atoms with Crippen molar-refractivity contribution in [2.24, 2.45) is 0 Å². The summed E-state index contributed by atoms with van der Waals surface area (Å²) in [6.07, 6.45) is 3.32. The lowest BCUT2D eigenvalue weighted by Gasteiger charge is -2.30. The molecule has 3 N–H and O–H groups in total. The molecule has 6 rings (SSSR count). The Morgan fingerprint density at radius 1 is 1.13 bits per heavy atom. The quantitative estimate of drug-likeness (QED) is 0.380. The number of hydrogen-bond acceptors (Lipinski definition) is 10. The van der Waals surface area contributed by atoms with Crippen molar-refractivity contribution in [2.45, 2.75) is 6.54 Å². The van der Waals surface area contributed by atoms with Gasteiger partial charge in [0.15, 0.2) is 0 Å². The first-order valence-electron chi connectivity index (χ1n) is 13.2. The van der Waals surface area contributed by atoms with E-state index in [-0.39, 0.29) is 17.7 Å². The Hall–Kier alpha value is -4.07. The molecule has 0 unspecified atom stereocenters. The number of carbonyl (C=O) groups is 2. The molecule has 2 fully saturated rings. The summed E-state index contributed by atoms with van der Waals surface area (Å²) in [6, 6.07) is 7.40. The van der Waals surface area contributed by atoms with Crippen LogP contribution in [-0.2, 0) is 11.3 Å². The second-order valence-corrected chi connectivity index (χ2v) is 9.58. The third-order valence-corrected chi connectivity index (χ3v) is 7.10. The van der Waals surface area contributed by atoms with Gasteiger partial charge in [-0.2, -0.15) is 4.98 Å². The SMILES string of the molecule is O=C(Nc1cnccc1N1CCNCC1)c1nc(N2Cc3ccc(OCCN4CCOCC4)cc3C2=O)n[nH]1. The first-order valence-corrected chi connectivity index (χ1v) is 13.2. The highest BCUT2D eigenvalue weighted by molar-refractivity contribution is 6.10. The molecule has 0 aliphatic carbocycles. The number of hydrogen-bond donors (Lipinski definition) is 3. The van der Waals surface area contributed by atoms with E-state index in [1.165, 1.54) is 4.90 Å². The van der Waals surface area contributed by atoms with Gasteiger partial charge in [0.05, 0.1) is 37.3 Å². The summed E-state index contributed by atoms with van der Waals surface area (Å²) in [5.41, 5.74) is 2.89. The van der Waals surface area contributed by atoms with Gasteiger partial charge in [0.1, 0.15) is 12.4 Å². The summed E-state index contributed by atoms with van der Waals surface area (Å²) in [6.45, 7) is 8.34. The van der Waals surface area contributed by atoms with E-state index in [0.29, 0.717) is 30.2 Å². The highest BCUT2D eigenvalue weighted by atomic mass is 16.5. The van der Waals surface area contributed by atoms with Crippen molar-refractivity contribution in [3.05, 3.63) is 53.6 Å². The lowest BCUT2D eigenvalue weighted by Crippen LogP contribution is -2.43. The minimum absolute atomic E-state index is 0.0102. The number of anilines is 3. The molecular formula is C26H31N9O4. The van der Waals surface area contributed by atoms with Gasteiger partial charge in [-0.1, -0.05) is 6.07 Å². The van der Waals surface area contributed by atoms with Crippen LogP contribution in [0, 0.1) is 0 Å². The zero-order chi connectivity index (χ0) is 26.6. The fourth-order valence-electron chi connectivity index (χ4n) is 4.97. The van der Waals surface area contributed by atoms with E-state index in [4.69, 9.17) is 9.47 Å². The lowest BCUT2D eigenvalue weighted by atomic mass is 10.1. The van der Waals surface area contributed by atoms with Crippen LogP contribution in [0.25, 0.3) is 0 Å². The average Bonchev–Trinajstić information content (AvgIpc) is 3.59. The van der Waals surface area contributed by atoms with E-state index in [1.807, 2.05) is 18.2 Å². The number of ether oxygens (including phenoxy) is 2. The number of aromatic amines is 1. The number of benzene rings is 1. The average molecular weight is 534 g/mol. The number of morpholine rings is 1. The van der Waals surface area contributed by atoms with E-state index in [1.54, 1.807) is 18.5 Å². The Kier molecular flexibility index (Phi) is 7.34. The smallest absolute Gasteiger partial charge is 0.293 e. The fraction of sp³-hybridized carbons (Fsp3) is 0.423. The van der Waals surface area contributed by atoms with Gasteiger partial charge in [-0.15, -0.1) is 5.10 Å². The summed E-state index contributed by atoms with van der Waals surface area (Å²) >= 11 is 0. The molecule has 1 aromatic carbocycles. The van der Waals surface area contributed by atoms with Gasteiger partial charge in [0.2, 0.25) is 5.82 Å². The topological polar surface area (TPSA) is 141 Å². The molecule has 3 aromatic rings. The van der Waals surface area contributed by atoms with Crippen molar-refractivity contribution in [2.75, 3.05) is 80.8 Å². The lowest BCUT2D eigenvalue weighted by molar-refractivity contribution is 0.0322. The largest absolute Gasteiger partial charge is 0.492 e. The number of fused-ring (bicyclic) bond motifs is 1. The summed E-state index contributed by atoms with van der Waals surface area (Å²) in [7, 11) is 0.